The Hall–Kier alpha value is -2.60. The van der Waals surface area contributed by atoms with E-state index in [4.69, 9.17) is 10.5 Å². The molecule has 2 aromatic rings. The molecule has 110 valence electrons. The second-order valence-electron chi connectivity index (χ2n) is 4.51. The number of H-pyrrole nitrogens is 1. The van der Waals surface area contributed by atoms with Crippen molar-refractivity contribution in [3.05, 3.63) is 58.0 Å². The number of rotatable bonds is 5. The number of amides is 1. The van der Waals surface area contributed by atoms with Crippen LogP contribution in [0.3, 0.4) is 0 Å². The highest BCUT2D eigenvalue weighted by Gasteiger charge is 2.10. The number of hydrogen-bond donors (Lipinski definition) is 3. The van der Waals surface area contributed by atoms with Crippen LogP contribution in [-0.2, 0) is 0 Å². The van der Waals surface area contributed by atoms with Crippen molar-refractivity contribution in [3.8, 4) is 5.75 Å². The number of carbonyl (C=O) groups excluding carboxylic acids is 1. The fraction of sp³-hybridized carbons (Fsp3) is 0.200. The van der Waals surface area contributed by atoms with E-state index in [9.17, 15) is 9.59 Å². The molecule has 2 rings (SSSR count). The van der Waals surface area contributed by atoms with E-state index in [0.29, 0.717) is 30.3 Å². The third kappa shape index (κ3) is 3.93. The first-order chi connectivity index (χ1) is 10.1. The summed E-state index contributed by atoms with van der Waals surface area (Å²) < 4.78 is 5.34. The van der Waals surface area contributed by atoms with Gasteiger partial charge in [-0.25, -0.2) is 0 Å². The lowest BCUT2D eigenvalue weighted by molar-refractivity contribution is 0.102. The monoisotopic (exact) mass is 287 g/mol. The van der Waals surface area contributed by atoms with E-state index in [1.807, 2.05) is 0 Å². The second kappa shape index (κ2) is 6.71. The smallest absolute Gasteiger partial charge is 0.261 e. The molecule has 4 N–H and O–H groups in total. The Balaban J connectivity index is 2.07. The quantitative estimate of drug-likeness (QED) is 0.771. The molecule has 0 saturated carbocycles. The highest BCUT2D eigenvalue weighted by atomic mass is 16.5. The molecule has 0 aliphatic rings. The summed E-state index contributed by atoms with van der Waals surface area (Å²) in [6.07, 6.45) is 1.41. The number of aromatic amines is 1. The van der Waals surface area contributed by atoms with Crippen molar-refractivity contribution < 1.29 is 9.53 Å². The molecule has 1 aromatic carbocycles. The zero-order valence-corrected chi connectivity index (χ0v) is 11.7. The molecule has 0 atom stereocenters. The number of carbonyl (C=O) groups is 1. The molecule has 6 nitrogen and oxygen atoms in total. The largest absolute Gasteiger partial charge is 0.492 e. The normalized spacial score (nSPS) is 10.2. The van der Waals surface area contributed by atoms with Gasteiger partial charge in [-0.3, -0.25) is 9.59 Å². The van der Waals surface area contributed by atoms with Gasteiger partial charge >= 0.3 is 0 Å². The zero-order valence-electron chi connectivity index (χ0n) is 11.7. The van der Waals surface area contributed by atoms with Crippen LogP contribution in [0.2, 0.25) is 0 Å². The first-order valence-electron chi connectivity index (χ1n) is 6.54. The van der Waals surface area contributed by atoms with E-state index in [1.54, 1.807) is 31.2 Å². The maximum Gasteiger partial charge on any atom is 0.261 e. The Bertz CT molecular complexity index is 677. The summed E-state index contributed by atoms with van der Waals surface area (Å²) in [5.74, 6) is 0.221. The predicted octanol–water partition coefficient (Wildman–Crippen LogP) is 1.27. The fourth-order valence-corrected chi connectivity index (χ4v) is 1.76. The molecule has 0 bridgehead atoms. The first-order valence-corrected chi connectivity index (χ1v) is 6.54. The predicted molar refractivity (Wildman–Crippen MR) is 80.7 cm³/mol. The maximum atomic E-state index is 12.0. The van der Waals surface area contributed by atoms with Crippen molar-refractivity contribution >= 4 is 11.6 Å². The summed E-state index contributed by atoms with van der Waals surface area (Å²) >= 11 is 0. The lowest BCUT2D eigenvalue weighted by Crippen LogP contribution is -2.21. The summed E-state index contributed by atoms with van der Waals surface area (Å²) in [5, 5.41) is 2.66. The van der Waals surface area contributed by atoms with Gasteiger partial charge < -0.3 is 20.8 Å². The van der Waals surface area contributed by atoms with Gasteiger partial charge in [-0.1, -0.05) is 0 Å². The summed E-state index contributed by atoms with van der Waals surface area (Å²) in [6, 6.07) is 8.24. The van der Waals surface area contributed by atoms with Crippen molar-refractivity contribution in [1.82, 2.24) is 4.98 Å². The number of hydrogen-bond acceptors (Lipinski definition) is 4. The Labute approximate surface area is 121 Å². The van der Waals surface area contributed by atoms with E-state index in [2.05, 4.69) is 10.3 Å². The van der Waals surface area contributed by atoms with E-state index in [-0.39, 0.29) is 11.0 Å². The highest BCUT2D eigenvalue weighted by Crippen LogP contribution is 2.15. The summed E-state index contributed by atoms with van der Waals surface area (Å²) in [5.41, 5.74) is 6.40. The van der Waals surface area contributed by atoms with E-state index < -0.39 is 5.91 Å². The zero-order chi connectivity index (χ0) is 15.2. The van der Waals surface area contributed by atoms with Gasteiger partial charge in [0.25, 0.3) is 5.91 Å². The Morgan fingerprint density at radius 1 is 1.33 bits per heavy atom. The number of benzene rings is 1. The number of aryl methyl sites for hydroxylation is 1. The number of nitrogens with one attached hydrogen (secondary N) is 2. The third-order valence-electron chi connectivity index (χ3n) is 2.80. The van der Waals surface area contributed by atoms with Gasteiger partial charge in [0.1, 0.15) is 17.9 Å². The summed E-state index contributed by atoms with van der Waals surface area (Å²) in [4.78, 5) is 26.6. The van der Waals surface area contributed by atoms with Crippen molar-refractivity contribution in [2.75, 3.05) is 18.5 Å². The molecule has 1 aromatic heterocycles. The fourth-order valence-electron chi connectivity index (χ4n) is 1.76. The van der Waals surface area contributed by atoms with Crippen LogP contribution >= 0.6 is 0 Å². The molecule has 21 heavy (non-hydrogen) atoms. The van der Waals surface area contributed by atoms with Crippen molar-refractivity contribution in [2.24, 2.45) is 5.73 Å². The van der Waals surface area contributed by atoms with Gasteiger partial charge in [0.2, 0.25) is 0 Å². The van der Waals surface area contributed by atoms with Gasteiger partial charge in [0.15, 0.2) is 5.43 Å². The molecule has 0 spiro atoms. The Morgan fingerprint density at radius 2 is 2.05 bits per heavy atom. The maximum absolute atomic E-state index is 12.0. The summed E-state index contributed by atoms with van der Waals surface area (Å²) in [7, 11) is 0. The lowest BCUT2D eigenvalue weighted by atomic mass is 10.2. The van der Waals surface area contributed by atoms with Crippen LogP contribution in [0.25, 0.3) is 0 Å². The number of pyridine rings is 1. The molecule has 0 aliphatic carbocycles. The van der Waals surface area contributed by atoms with Crippen LogP contribution in [0.4, 0.5) is 5.69 Å². The van der Waals surface area contributed by atoms with Gasteiger partial charge in [0, 0.05) is 30.2 Å². The van der Waals surface area contributed by atoms with Gasteiger partial charge in [-0.15, -0.1) is 0 Å². The first kappa shape index (κ1) is 14.8. The average molecular weight is 287 g/mol. The van der Waals surface area contributed by atoms with E-state index in [0.717, 1.165) is 0 Å². The molecule has 0 aliphatic heterocycles. The van der Waals surface area contributed by atoms with E-state index in [1.165, 1.54) is 12.3 Å². The van der Waals surface area contributed by atoms with E-state index >= 15 is 0 Å². The Morgan fingerprint density at radius 3 is 2.67 bits per heavy atom. The average Bonchev–Trinajstić information content (AvgIpc) is 2.46. The Kier molecular flexibility index (Phi) is 4.73. The van der Waals surface area contributed by atoms with Gasteiger partial charge in [0.05, 0.1) is 0 Å². The molecule has 0 fully saturated rings. The van der Waals surface area contributed by atoms with Crippen LogP contribution in [0.15, 0.2) is 41.3 Å². The lowest BCUT2D eigenvalue weighted by Gasteiger charge is -2.07. The minimum absolute atomic E-state index is 0.0732. The molecule has 1 heterocycles. The van der Waals surface area contributed by atoms with Gasteiger partial charge in [-0.2, -0.15) is 0 Å². The number of anilines is 1. The van der Waals surface area contributed by atoms with Crippen LogP contribution in [0.5, 0.6) is 5.75 Å². The van der Waals surface area contributed by atoms with Crippen molar-refractivity contribution in [1.29, 1.82) is 0 Å². The number of nitrogens with two attached hydrogens (primary N) is 1. The minimum atomic E-state index is -0.452. The van der Waals surface area contributed by atoms with Crippen LogP contribution in [0.1, 0.15) is 16.1 Å². The minimum Gasteiger partial charge on any atom is -0.492 e. The molecule has 0 radical (unpaired) electrons. The van der Waals surface area contributed by atoms with Gasteiger partial charge in [-0.05, 0) is 31.2 Å². The molecule has 1 amide bonds. The molecular formula is C15H17N3O3. The molecular weight excluding hydrogens is 270 g/mol. The number of aromatic nitrogens is 1. The summed E-state index contributed by atoms with van der Waals surface area (Å²) in [6.45, 7) is 2.63. The van der Waals surface area contributed by atoms with Crippen LogP contribution in [-0.4, -0.2) is 24.0 Å². The topological polar surface area (TPSA) is 97.2 Å². The molecule has 6 heteroatoms. The second-order valence-corrected chi connectivity index (χ2v) is 4.51. The van der Waals surface area contributed by atoms with Crippen molar-refractivity contribution in [3.63, 3.8) is 0 Å². The third-order valence-corrected chi connectivity index (χ3v) is 2.80. The number of ether oxygens (including phenoxy) is 1. The standard InChI is InChI=1S/C15H17N3O3/c1-10-8-14(19)13(9-17-10)15(20)18-11-2-4-12(5-3-11)21-7-6-16/h2-5,8-9H,6-7,16H2,1H3,(H,17,19)(H,18,20). The SMILES string of the molecule is Cc1cc(=O)c(C(=O)Nc2ccc(OCCN)cc2)c[nH]1. The highest BCUT2D eigenvalue weighted by molar-refractivity contribution is 6.03. The molecule has 0 saturated heterocycles. The van der Waals surface area contributed by atoms with Crippen molar-refractivity contribution in [2.45, 2.75) is 6.92 Å². The van der Waals surface area contributed by atoms with Crippen LogP contribution < -0.4 is 21.2 Å². The molecule has 0 unspecified atom stereocenters. The van der Waals surface area contributed by atoms with Crippen LogP contribution in [0, 0.1) is 6.92 Å².